The molecule has 18 atom stereocenters. The molecule has 2 aliphatic heterocycles. The Morgan fingerprint density at radius 2 is 0.664 bits per heavy atom. The van der Waals surface area contributed by atoms with Gasteiger partial charge in [0.1, 0.15) is 48.3 Å². The van der Waals surface area contributed by atoms with Crippen LogP contribution in [0.15, 0.2) is 48.5 Å². The molecule has 4 rings (SSSR count). The van der Waals surface area contributed by atoms with Gasteiger partial charge in [-0.25, -0.2) is 0 Å². The molecule has 48 nitrogen and oxygen atoms in total. The van der Waals surface area contributed by atoms with Gasteiger partial charge in [-0.2, -0.15) is 0 Å². The second kappa shape index (κ2) is 60.8. The number of hydrogen-bond donors (Lipinski definition) is 24. The summed E-state index contributed by atoms with van der Waals surface area (Å²) in [6, 6.07) is -12.2. The first-order valence-electron chi connectivity index (χ1n) is 45.9. The molecule has 2 heterocycles. The van der Waals surface area contributed by atoms with Crippen LogP contribution in [-0.4, -0.2) is 311 Å². The predicted molar refractivity (Wildman–Crippen MR) is 511 cm³/mol. The molecule has 22 amide bonds. The predicted octanol–water partition coefficient (Wildman–Crippen LogP) is -7.58. The van der Waals surface area contributed by atoms with E-state index in [0.717, 1.165) is 9.80 Å². The number of carbonyl (C=O) groups excluding carboxylic acids is 22. The maximum absolute atomic E-state index is 14.6. The van der Waals surface area contributed by atoms with Gasteiger partial charge in [-0.15, -0.1) is 23.2 Å². The molecule has 2 aliphatic rings. The monoisotopic (exact) mass is 2140 g/mol. The maximum atomic E-state index is 14.6. The second-order valence-electron chi connectivity index (χ2n) is 35.2. The first-order valence-corrected chi connectivity index (χ1v) is 53.7. The van der Waals surface area contributed by atoms with E-state index in [0.29, 0.717) is 34.6 Å². The van der Waals surface area contributed by atoms with E-state index < -0.39 is 302 Å². The van der Waals surface area contributed by atoms with Crippen LogP contribution in [0.1, 0.15) is 169 Å². The van der Waals surface area contributed by atoms with Gasteiger partial charge in [-0.05, 0) is 63.2 Å². The third-order valence-corrected chi connectivity index (χ3v) is 31.0. The number of phenolic OH excluding ortho intramolecular Hbond substituents is 2. The Kier molecular flexibility index (Phi) is 52.2. The molecule has 0 unspecified atom stereocenters. The van der Waals surface area contributed by atoms with Crippen LogP contribution in [-0.2, 0) is 118 Å². The Morgan fingerprint density at radius 3 is 0.957 bits per heavy atom. The van der Waals surface area contributed by atoms with Gasteiger partial charge in [-0.1, -0.05) is 27.7 Å². The summed E-state index contributed by atoms with van der Waals surface area (Å²) < 4.78 is 0. The zero-order valence-electron chi connectivity index (χ0n) is 79.5. The van der Waals surface area contributed by atoms with E-state index in [9.17, 15) is 116 Å². The molecular weight excluding hydrogens is 2010 g/mol. The summed E-state index contributed by atoms with van der Waals surface area (Å²) in [7, 11) is 0. The van der Waals surface area contributed by atoms with Crippen molar-refractivity contribution in [1.29, 1.82) is 0 Å². The van der Waals surface area contributed by atoms with Crippen molar-refractivity contribution in [2.75, 3.05) is 37.9 Å². The van der Waals surface area contributed by atoms with E-state index in [1.807, 2.05) is 0 Å². The Morgan fingerprint density at radius 1 is 0.364 bits per heavy atom. The van der Waals surface area contributed by atoms with E-state index in [2.05, 4.69) is 74.4 Å². The van der Waals surface area contributed by atoms with Crippen molar-refractivity contribution in [3.05, 3.63) is 59.7 Å². The summed E-state index contributed by atoms with van der Waals surface area (Å²) >= 11 is 12.1. The minimum Gasteiger partial charge on any atom is -0.370 e. The Balaban J connectivity index is 1.46. The molecule has 0 aliphatic carbocycles. The number of nitrogens with zero attached hydrogens (tertiary/aromatic N) is 2. The Bertz CT molecular complexity index is 4380. The molecule has 32 N–H and O–H groups in total. The molecule has 778 valence electrons. The van der Waals surface area contributed by atoms with Crippen LogP contribution in [0.5, 0.6) is 11.5 Å². The summed E-state index contributed by atoms with van der Waals surface area (Å²) in [5, 5.41) is 56.1. The van der Waals surface area contributed by atoms with Crippen LogP contribution >= 0.6 is 23.2 Å². The molecule has 140 heavy (non-hydrogen) atoms. The number of rotatable bonds is 63. The molecule has 2 saturated heterocycles. The number of primary amides is 6. The number of amides is 22. The third kappa shape index (κ3) is 41.8. The number of likely N-dealkylation sites (tertiary alicyclic amines) is 2. The summed E-state index contributed by atoms with van der Waals surface area (Å²) in [5.74, 6) is -23.8. The molecule has 0 spiro atoms. The summed E-state index contributed by atoms with van der Waals surface area (Å²) in [5.41, 5.74) is 46.3. The number of hydrogen-bond acceptors (Lipinski definition) is 26. The average Bonchev–Trinajstić information content (AvgIpc) is 1.86. The van der Waals surface area contributed by atoms with E-state index >= 15 is 0 Å². The van der Waals surface area contributed by atoms with Crippen molar-refractivity contribution < 1.29 is 116 Å². The van der Waals surface area contributed by atoms with E-state index in [-0.39, 0.29) is 127 Å². The fraction of sp³-hybridized carbons (Fsp3) is 0.614. The molecule has 0 bridgehead atoms. The van der Waals surface area contributed by atoms with Gasteiger partial charge in [-0.3, -0.25) is 76.7 Å². The number of nitrogens with one attached hydrogen (secondary N) is 14. The summed E-state index contributed by atoms with van der Waals surface area (Å²) in [4.78, 5) is 300. The zero-order chi connectivity index (χ0) is 105. The Hall–Kier alpha value is -12.1. The first kappa shape index (κ1) is 120. The summed E-state index contributed by atoms with van der Waals surface area (Å²) in [6.45, 7) is 12.6. The van der Waals surface area contributed by atoms with Crippen molar-refractivity contribution in [3.63, 3.8) is 0 Å². The number of phenols is 2. The smallest absolute Gasteiger partial charge is 0.370 e. The van der Waals surface area contributed by atoms with Gasteiger partial charge >= 0.3 is 352 Å². The molecule has 0 saturated carbocycles. The topological polar surface area (TPSA) is 799 Å². The molecule has 0 radical (unpaired) electrons. The minimum absolute atomic E-state index is 0.00139. The van der Waals surface area contributed by atoms with Gasteiger partial charge in [0, 0.05) is 25.9 Å². The van der Waals surface area contributed by atoms with Crippen molar-refractivity contribution in [1.82, 2.24) is 84.2 Å². The van der Waals surface area contributed by atoms with E-state index in [4.69, 9.17) is 69.1 Å². The molecule has 52 heteroatoms. The minimum atomic E-state index is -1.88. The number of carbonyl (C=O) groups is 22. The third-order valence-electron chi connectivity index (χ3n) is 22.9. The molecule has 0 aromatic heterocycles. The van der Waals surface area contributed by atoms with Crippen LogP contribution in [0.3, 0.4) is 0 Å². The van der Waals surface area contributed by atoms with Crippen LogP contribution < -0.4 is 120 Å². The quantitative estimate of drug-likeness (QED) is 0.0166. The van der Waals surface area contributed by atoms with E-state index in [1.165, 1.54) is 48.5 Å². The zero-order valence-corrected chi connectivity index (χ0v) is 84.5. The first-order chi connectivity index (χ1) is 65.9. The number of aromatic hydroxyl groups is 2. The van der Waals surface area contributed by atoms with Crippen LogP contribution in [0.4, 0.5) is 0 Å². The van der Waals surface area contributed by atoms with Gasteiger partial charge in [0.15, 0.2) is 0 Å². The number of nitrogens with two attached hydrogens (primary N) is 8. The molecule has 2 aromatic carbocycles. The number of benzene rings is 2. The van der Waals surface area contributed by atoms with Gasteiger partial charge < -0.3 is 86.7 Å². The molecule has 2 fully saturated rings. The van der Waals surface area contributed by atoms with Crippen LogP contribution in [0.25, 0.3) is 0 Å². The van der Waals surface area contributed by atoms with Crippen molar-refractivity contribution in [2.45, 2.75) is 278 Å². The van der Waals surface area contributed by atoms with Crippen molar-refractivity contribution in [2.24, 2.45) is 69.5 Å². The Labute approximate surface area is 831 Å². The van der Waals surface area contributed by atoms with Crippen LogP contribution in [0.2, 0.25) is 10.6 Å². The second-order valence-corrected chi connectivity index (χ2v) is 43.7. The number of halogens is 2. The molecule has 2 aromatic rings. The standard InChI is InChI=1S/C88H136Cl2N24O24Se2/c1-9-45(7)71(85(135)101-53(23-25-65(93)117)77(127)105-59(37-67(95)119)79(129)109-61(39-89)87(137)113-29-11-13-63(113)83(133)107-55(33-43(3)4)75(125)99-41-69(97)121)111-81(131)57(35-47-15-19-49(115)20-16-47)103-73(123)51(91)27-31-139-140-32-28-52(92)74(124)104-58(36-48-17-21-50(116)22-18-48)82(132)112-72(46(8)10-2)86(136)102-54(24-26-66(94)118)78(128)106-60(38-68(96)120)80(130)110-62(40-90)88(138)114-30-12-14-64(114)84(134)108-56(34-44(5)6)76(126)100-42-70(98)122/h15-22,43-46,51-64,71-72,115-116H,9-14,23-42,91-92H2,1-8H3,(H2,93,117)(H2,94,118)(H2,95,119)(H2,96,120)(H2,97,121)(H2,98,122)(H,99,125)(H,100,126)(H,101,135)(H,102,136)(H,103,123)(H,104,124)(H,105,127)(H,106,128)(H,107,133)(H,108,134)(H,109,129)(H,110,130)(H,111,131)(H,112,132)/t45-,46-,51-,52-,53-,54-,55-,56-,57-,58-,59-,60-,61-,62-,63-,64-,71-,72-/m0/s1. The van der Waals surface area contributed by atoms with Gasteiger partial charge in [0.25, 0.3) is 0 Å². The van der Waals surface area contributed by atoms with E-state index in [1.54, 1.807) is 55.4 Å². The normalized spacial score (nSPS) is 16.8. The fourth-order valence-corrected chi connectivity index (χ4v) is 21.8. The molecular formula is C88H136Cl2N24O24Se2. The van der Waals surface area contributed by atoms with Gasteiger partial charge in [0.05, 0.1) is 37.7 Å². The van der Waals surface area contributed by atoms with Crippen LogP contribution in [0, 0.1) is 23.7 Å². The van der Waals surface area contributed by atoms with Crippen molar-refractivity contribution >= 4 is 179 Å². The fourth-order valence-electron chi connectivity index (χ4n) is 14.8. The van der Waals surface area contributed by atoms with Crippen molar-refractivity contribution in [3.8, 4) is 11.5 Å². The van der Waals surface area contributed by atoms with Gasteiger partial charge in [0.2, 0.25) is 94.5 Å². The SMILES string of the molecule is CC[C@H](C)[C@H](NC(=O)[C@H](Cc1ccc(O)cc1)NC(=O)[C@@H](N)CC[Se][Se]CC[C@H](N)C(=O)N[C@@H](Cc1ccc(O)cc1)C(=O)N[C@H](C(=O)N[C@@H](CCC(N)=O)C(=O)N[C@@H](CC(N)=O)C(=O)N[C@@H](CCl)C(=O)N1CCC[C@H]1C(=O)N[C@@H](CC(C)C)C(=O)NCC(N)=O)[C@@H](C)CC)C(=O)N[C@@H](CCC(N)=O)C(=O)N[C@@H](CC(N)=O)C(=O)N[C@@H](CCl)C(=O)N1CCC[C@H]1C(=O)N[C@@H](CC(C)C)C(=O)NCC(N)=O. The average molecular weight is 2140 g/mol. The number of alkyl halides is 2. The summed E-state index contributed by atoms with van der Waals surface area (Å²) in [6.07, 6.45) is -2.67.